The highest BCUT2D eigenvalue weighted by atomic mass is 79.9. The molecule has 0 bridgehead atoms. The van der Waals surface area contributed by atoms with Crippen LogP contribution in [-0.4, -0.2) is 17.2 Å². The molecule has 0 aliphatic carbocycles. The third-order valence-electron chi connectivity index (χ3n) is 19.7. The molecule has 20 rings (SSSR count). The van der Waals surface area contributed by atoms with Crippen molar-refractivity contribution >= 4 is 159 Å². The van der Waals surface area contributed by atoms with Gasteiger partial charge in [0, 0.05) is 26.0 Å². The van der Waals surface area contributed by atoms with E-state index in [1.54, 1.807) is 0 Å². The fourth-order valence-corrected chi connectivity index (χ4v) is 15.4. The Hall–Kier alpha value is -11.9. The smallest absolute Gasteiger partial charge is 0.456 e. The molecule has 460 valence electrons. The van der Waals surface area contributed by atoms with Crippen LogP contribution in [-0.2, 0) is 0 Å². The van der Waals surface area contributed by atoms with Crippen molar-refractivity contribution in [2.45, 2.75) is 0 Å². The zero-order valence-corrected chi connectivity index (χ0v) is 54.6. The van der Waals surface area contributed by atoms with Gasteiger partial charge in [0.05, 0.1) is 0 Å². The molecule has 0 spiro atoms. The van der Waals surface area contributed by atoms with Gasteiger partial charge in [-0.2, -0.15) is 0 Å². The predicted octanol–water partition coefficient (Wildman–Crippen LogP) is 24.9. The average Bonchev–Trinajstić information content (AvgIpc) is 1.09. The number of fused-ring (bicyclic) bond motifs is 16. The fraction of sp³-hybridized carbons (Fsp3) is 0. The van der Waals surface area contributed by atoms with Crippen molar-refractivity contribution in [2.75, 3.05) is 0 Å². The topological polar surface area (TPSA) is 66.7 Å². The molecule has 4 nitrogen and oxygen atoms in total. The SMILES string of the molecule is Brc1ccc(-c2ccc3ccc4ccccc4c3c2)cc1.OB(O)c1c2ccccc2c(-c2ccc3oc4ccccc4c3c2)c2ccccc12.c1ccc2c(c1)ccc1ccc(-c3ccc(-c4c5ccccc5c(-c5ccc6oc7ccccc7c6c5)c5ccccc45)cc3)cc12. The van der Waals surface area contributed by atoms with Gasteiger partial charge >= 0.3 is 7.12 Å². The first-order valence-electron chi connectivity index (χ1n) is 33.1. The molecule has 0 aliphatic rings. The van der Waals surface area contributed by atoms with E-state index in [1.807, 2.05) is 84.9 Å². The lowest BCUT2D eigenvalue weighted by atomic mass is 9.72. The maximum atomic E-state index is 10.2. The van der Waals surface area contributed by atoms with Crippen LogP contribution < -0.4 is 5.46 Å². The van der Waals surface area contributed by atoms with Gasteiger partial charge in [0.1, 0.15) is 22.3 Å². The summed E-state index contributed by atoms with van der Waals surface area (Å²) < 4.78 is 13.3. The summed E-state index contributed by atoms with van der Waals surface area (Å²) in [6.07, 6.45) is 0. The quantitative estimate of drug-likeness (QED) is 0.0989. The number of hydrogen-bond acceptors (Lipinski definition) is 4. The molecular weight excluding hydrogens is 1260 g/mol. The van der Waals surface area contributed by atoms with E-state index in [9.17, 15) is 10.0 Å². The van der Waals surface area contributed by atoms with Crippen molar-refractivity contribution in [1.82, 2.24) is 0 Å². The van der Waals surface area contributed by atoms with Gasteiger partial charge in [0.25, 0.3) is 0 Å². The molecule has 0 amide bonds. The molecule has 0 aliphatic heterocycles. The van der Waals surface area contributed by atoms with E-state index >= 15 is 0 Å². The first-order valence-corrected chi connectivity index (χ1v) is 33.9. The maximum absolute atomic E-state index is 10.2. The fourth-order valence-electron chi connectivity index (χ4n) is 15.1. The number of halogens is 1. The van der Waals surface area contributed by atoms with E-state index in [0.717, 1.165) is 81.0 Å². The average molecular weight is 1320 g/mol. The van der Waals surface area contributed by atoms with Crippen LogP contribution in [0.2, 0.25) is 0 Å². The van der Waals surface area contributed by atoms with Crippen molar-refractivity contribution < 1.29 is 18.9 Å². The van der Waals surface area contributed by atoms with Crippen LogP contribution in [0.15, 0.2) is 353 Å². The number of hydrogen-bond donors (Lipinski definition) is 2. The molecule has 98 heavy (non-hydrogen) atoms. The molecule has 0 atom stereocenters. The lowest BCUT2D eigenvalue weighted by molar-refractivity contribution is 0.426. The highest BCUT2D eigenvalue weighted by molar-refractivity contribution is 9.10. The highest BCUT2D eigenvalue weighted by Gasteiger charge is 2.24. The molecular formula is C92H58BBrO4. The number of rotatable bonds is 6. The molecule has 0 fully saturated rings. The van der Waals surface area contributed by atoms with Crippen molar-refractivity contribution in [1.29, 1.82) is 0 Å². The number of para-hydroxylation sites is 2. The molecule has 18 aromatic carbocycles. The minimum absolute atomic E-state index is 0.541. The summed E-state index contributed by atoms with van der Waals surface area (Å²) in [5.41, 5.74) is 16.1. The Morgan fingerprint density at radius 2 is 0.469 bits per heavy atom. The molecule has 0 radical (unpaired) electrons. The first-order chi connectivity index (χ1) is 48.3. The van der Waals surface area contributed by atoms with Gasteiger partial charge in [0.2, 0.25) is 0 Å². The Balaban J connectivity index is 0.000000116. The van der Waals surface area contributed by atoms with E-state index in [0.29, 0.717) is 5.46 Å². The van der Waals surface area contributed by atoms with E-state index in [4.69, 9.17) is 8.83 Å². The predicted molar refractivity (Wildman–Crippen MR) is 419 cm³/mol. The van der Waals surface area contributed by atoms with Crippen LogP contribution in [0.1, 0.15) is 0 Å². The molecule has 6 heteroatoms. The van der Waals surface area contributed by atoms with Crippen molar-refractivity contribution in [2.24, 2.45) is 0 Å². The monoisotopic (exact) mass is 1320 g/mol. The molecule has 0 saturated heterocycles. The van der Waals surface area contributed by atoms with Crippen LogP contribution >= 0.6 is 15.9 Å². The largest absolute Gasteiger partial charge is 0.489 e. The van der Waals surface area contributed by atoms with Gasteiger partial charge < -0.3 is 18.9 Å². The second-order valence-corrected chi connectivity index (χ2v) is 26.2. The molecule has 2 aromatic heterocycles. The van der Waals surface area contributed by atoms with Gasteiger partial charge in [-0.1, -0.05) is 295 Å². The maximum Gasteiger partial charge on any atom is 0.489 e. The summed E-state index contributed by atoms with van der Waals surface area (Å²) >= 11 is 3.49. The van der Waals surface area contributed by atoms with Crippen LogP contribution in [0.4, 0.5) is 0 Å². The summed E-state index contributed by atoms with van der Waals surface area (Å²) in [6, 6.07) is 120. The number of benzene rings is 18. The third kappa shape index (κ3) is 10.2. The van der Waals surface area contributed by atoms with E-state index in [-0.39, 0.29) is 0 Å². The zero-order valence-electron chi connectivity index (χ0n) is 53.0. The first kappa shape index (κ1) is 58.7. The molecule has 20 aromatic rings. The Labute approximate surface area is 573 Å². The van der Waals surface area contributed by atoms with Gasteiger partial charge in [-0.3, -0.25) is 0 Å². The highest BCUT2D eigenvalue weighted by Crippen LogP contribution is 2.46. The van der Waals surface area contributed by atoms with Crippen molar-refractivity contribution in [3.05, 3.63) is 344 Å². The lowest BCUT2D eigenvalue weighted by Gasteiger charge is -2.18. The van der Waals surface area contributed by atoms with Crippen LogP contribution in [0.5, 0.6) is 0 Å². The van der Waals surface area contributed by atoms with E-state index in [1.165, 1.54) is 109 Å². The standard InChI is InChI=1S/C46H28O.C26H17BO3.C20H13Br/c1-2-10-35-30(9-1)19-20-31-21-24-33(27-41(31)35)29-17-22-32(23-18-29)45-37-12-3-5-14-39(37)46(40-15-6-4-13-38(40)45)34-25-26-44-42(28-34)36-11-7-8-16-43(36)47-44;28-27(29)26-20-10-3-1-8-18(20)25(19-9-2-4-11-21(19)26)16-13-14-24-22(15-16)17-7-5-6-12-23(17)30-24;21-18-11-9-14(10-12-18)17-8-7-16-6-5-15-3-1-2-4-19(15)20(16)13-17/h1-28H;1-15,28-29H;1-13H. The summed E-state index contributed by atoms with van der Waals surface area (Å²) in [6.45, 7) is 0. The Morgan fingerprint density at radius 1 is 0.204 bits per heavy atom. The molecule has 2 heterocycles. The Bertz CT molecular complexity index is 6430. The summed E-state index contributed by atoms with van der Waals surface area (Å²) in [4.78, 5) is 0. The van der Waals surface area contributed by atoms with Crippen molar-refractivity contribution in [3.63, 3.8) is 0 Å². The molecule has 0 saturated carbocycles. The van der Waals surface area contributed by atoms with Crippen LogP contribution in [0.25, 0.3) is 186 Å². The summed E-state index contributed by atoms with van der Waals surface area (Å²) in [5, 5.41) is 43.8. The summed E-state index contributed by atoms with van der Waals surface area (Å²) in [5.74, 6) is 0. The van der Waals surface area contributed by atoms with Crippen LogP contribution in [0.3, 0.4) is 0 Å². The lowest BCUT2D eigenvalue weighted by Crippen LogP contribution is -2.31. The number of furan rings is 2. The molecule has 0 unspecified atom stereocenters. The van der Waals surface area contributed by atoms with Crippen LogP contribution in [0, 0.1) is 0 Å². The second kappa shape index (κ2) is 24.4. The summed E-state index contributed by atoms with van der Waals surface area (Å²) in [7, 11) is -1.55. The Kier molecular flexibility index (Phi) is 14.6. The van der Waals surface area contributed by atoms with Gasteiger partial charge in [-0.25, -0.2) is 0 Å². The van der Waals surface area contributed by atoms with E-state index in [2.05, 4.69) is 271 Å². The minimum atomic E-state index is -1.55. The van der Waals surface area contributed by atoms with Gasteiger partial charge in [-0.15, -0.1) is 0 Å². The van der Waals surface area contributed by atoms with Gasteiger partial charge in [-0.05, 0) is 208 Å². The molecule has 2 N–H and O–H groups in total. The Morgan fingerprint density at radius 3 is 0.878 bits per heavy atom. The normalized spacial score (nSPS) is 11.6. The second-order valence-electron chi connectivity index (χ2n) is 25.2. The van der Waals surface area contributed by atoms with Gasteiger partial charge in [0.15, 0.2) is 0 Å². The third-order valence-corrected chi connectivity index (χ3v) is 20.2. The zero-order chi connectivity index (χ0) is 65.4. The van der Waals surface area contributed by atoms with Crippen molar-refractivity contribution in [3.8, 4) is 55.6 Å². The minimum Gasteiger partial charge on any atom is -0.456 e. The van der Waals surface area contributed by atoms with E-state index < -0.39 is 7.12 Å².